The molecule has 0 aliphatic carbocycles. The zero-order valence-corrected chi connectivity index (χ0v) is 10.9. The minimum absolute atomic E-state index is 0.0426. The standard InChI is InChI=1S/C12H15Cl2NO/c1-8(2)5-12(16)15-7-9-3-4-10(13)6-11(9)14/h3-4,6,8H,5,7H2,1-2H3,(H,15,16). The van der Waals surface area contributed by atoms with Crippen molar-refractivity contribution in [3.8, 4) is 0 Å². The van der Waals surface area contributed by atoms with Crippen molar-refractivity contribution < 1.29 is 4.79 Å². The van der Waals surface area contributed by atoms with Crippen molar-refractivity contribution in [1.82, 2.24) is 5.32 Å². The summed E-state index contributed by atoms with van der Waals surface area (Å²) in [5.74, 6) is 0.404. The van der Waals surface area contributed by atoms with Crippen molar-refractivity contribution in [1.29, 1.82) is 0 Å². The SMILES string of the molecule is CC(C)CC(=O)NCc1ccc(Cl)cc1Cl. The van der Waals surface area contributed by atoms with Crippen LogP contribution in [0.25, 0.3) is 0 Å². The van der Waals surface area contributed by atoms with Gasteiger partial charge in [0.2, 0.25) is 5.91 Å². The molecule has 0 radical (unpaired) electrons. The van der Waals surface area contributed by atoms with E-state index in [-0.39, 0.29) is 5.91 Å². The molecule has 0 atom stereocenters. The molecule has 0 aliphatic heterocycles. The van der Waals surface area contributed by atoms with Crippen LogP contribution in [-0.2, 0) is 11.3 Å². The molecule has 2 nitrogen and oxygen atoms in total. The topological polar surface area (TPSA) is 29.1 Å². The van der Waals surface area contributed by atoms with Gasteiger partial charge in [-0.2, -0.15) is 0 Å². The molecule has 0 aliphatic rings. The highest BCUT2D eigenvalue weighted by atomic mass is 35.5. The number of nitrogens with one attached hydrogen (secondary N) is 1. The minimum Gasteiger partial charge on any atom is -0.352 e. The van der Waals surface area contributed by atoms with E-state index in [1.54, 1.807) is 12.1 Å². The third kappa shape index (κ3) is 4.42. The predicted molar refractivity (Wildman–Crippen MR) is 67.8 cm³/mol. The van der Waals surface area contributed by atoms with Crippen molar-refractivity contribution in [3.63, 3.8) is 0 Å². The lowest BCUT2D eigenvalue weighted by Crippen LogP contribution is -2.24. The van der Waals surface area contributed by atoms with E-state index >= 15 is 0 Å². The summed E-state index contributed by atoms with van der Waals surface area (Å²) in [6.45, 7) is 4.46. The van der Waals surface area contributed by atoms with Crippen molar-refractivity contribution >= 4 is 29.1 Å². The van der Waals surface area contributed by atoms with Gasteiger partial charge in [0.05, 0.1) is 0 Å². The van der Waals surface area contributed by atoms with E-state index in [1.807, 2.05) is 19.9 Å². The Hall–Kier alpha value is -0.730. The molecule has 1 rings (SSSR count). The lowest BCUT2D eigenvalue weighted by Gasteiger charge is -2.08. The Bertz CT molecular complexity index is 377. The average molecular weight is 260 g/mol. The molecule has 1 aromatic carbocycles. The fourth-order valence-electron chi connectivity index (χ4n) is 1.30. The average Bonchev–Trinajstić information content (AvgIpc) is 2.15. The van der Waals surface area contributed by atoms with E-state index in [4.69, 9.17) is 23.2 Å². The maximum Gasteiger partial charge on any atom is 0.220 e. The first-order valence-corrected chi connectivity index (χ1v) is 5.95. The molecule has 0 bridgehead atoms. The fraction of sp³-hybridized carbons (Fsp3) is 0.417. The van der Waals surface area contributed by atoms with Crippen LogP contribution >= 0.6 is 23.2 Å². The number of hydrogen-bond acceptors (Lipinski definition) is 1. The normalized spacial score (nSPS) is 10.6. The highest BCUT2D eigenvalue weighted by molar-refractivity contribution is 6.35. The molecule has 1 amide bonds. The molecule has 0 saturated heterocycles. The molecule has 1 N–H and O–H groups in total. The second-order valence-electron chi connectivity index (χ2n) is 4.11. The zero-order valence-electron chi connectivity index (χ0n) is 9.39. The lowest BCUT2D eigenvalue weighted by molar-refractivity contribution is -0.121. The number of hydrogen-bond donors (Lipinski definition) is 1. The van der Waals surface area contributed by atoms with Gasteiger partial charge < -0.3 is 5.32 Å². The first-order chi connectivity index (χ1) is 7.49. The fourth-order valence-corrected chi connectivity index (χ4v) is 1.78. The summed E-state index contributed by atoms with van der Waals surface area (Å²) in [5, 5.41) is 4.00. The third-order valence-electron chi connectivity index (χ3n) is 2.08. The first kappa shape index (κ1) is 13.3. The summed E-state index contributed by atoms with van der Waals surface area (Å²) in [6, 6.07) is 5.25. The monoisotopic (exact) mass is 259 g/mol. The van der Waals surface area contributed by atoms with Gasteiger partial charge in [0.25, 0.3) is 0 Å². The minimum atomic E-state index is 0.0426. The van der Waals surface area contributed by atoms with E-state index in [0.717, 1.165) is 5.56 Å². The number of rotatable bonds is 4. The molecule has 0 spiro atoms. The van der Waals surface area contributed by atoms with Gasteiger partial charge >= 0.3 is 0 Å². The van der Waals surface area contributed by atoms with E-state index in [9.17, 15) is 4.79 Å². The van der Waals surface area contributed by atoms with Gasteiger partial charge in [-0.1, -0.05) is 43.1 Å². The van der Waals surface area contributed by atoms with Gasteiger partial charge in [-0.05, 0) is 23.6 Å². The Morgan fingerprint density at radius 2 is 2.06 bits per heavy atom. The Balaban J connectivity index is 2.51. The maximum absolute atomic E-state index is 11.4. The highest BCUT2D eigenvalue weighted by Crippen LogP contribution is 2.20. The molecule has 0 unspecified atom stereocenters. The van der Waals surface area contributed by atoms with Crippen LogP contribution in [0.2, 0.25) is 10.0 Å². The van der Waals surface area contributed by atoms with E-state index in [0.29, 0.717) is 28.9 Å². The number of benzene rings is 1. The second kappa shape index (κ2) is 6.12. The highest BCUT2D eigenvalue weighted by Gasteiger charge is 2.06. The summed E-state index contributed by atoms with van der Waals surface area (Å²) >= 11 is 11.8. The van der Waals surface area contributed by atoms with Crippen LogP contribution in [-0.4, -0.2) is 5.91 Å². The van der Waals surface area contributed by atoms with Crippen LogP contribution in [0.1, 0.15) is 25.8 Å². The van der Waals surface area contributed by atoms with Gasteiger partial charge in [-0.3, -0.25) is 4.79 Å². The molecular weight excluding hydrogens is 245 g/mol. The molecule has 0 heterocycles. The van der Waals surface area contributed by atoms with Crippen LogP contribution < -0.4 is 5.32 Å². The first-order valence-electron chi connectivity index (χ1n) is 5.19. The number of amides is 1. The molecule has 0 aromatic heterocycles. The quantitative estimate of drug-likeness (QED) is 0.879. The summed E-state index contributed by atoms with van der Waals surface area (Å²) in [5.41, 5.74) is 0.878. The van der Waals surface area contributed by atoms with Gasteiger partial charge in [-0.25, -0.2) is 0 Å². The van der Waals surface area contributed by atoms with Crippen molar-refractivity contribution in [3.05, 3.63) is 33.8 Å². The van der Waals surface area contributed by atoms with Crippen LogP contribution in [0.5, 0.6) is 0 Å². The summed E-state index contributed by atoms with van der Waals surface area (Å²) in [7, 11) is 0. The van der Waals surface area contributed by atoms with Crippen molar-refractivity contribution in [2.45, 2.75) is 26.8 Å². The van der Waals surface area contributed by atoms with Crippen LogP contribution in [0, 0.1) is 5.92 Å². The summed E-state index contributed by atoms with van der Waals surface area (Å²) < 4.78 is 0. The predicted octanol–water partition coefficient (Wildman–Crippen LogP) is 3.66. The Morgan fingerprint density at radius 3 is 2.62 bits per heavy atom. The van der Waals surface area contributed by atoms with Gasteiger partial charge in [-0.15, -0.1) is 0 Å². The molecular formula is C12H15Cl2NO. The van der Waals surface area contributed by atoms with E-state index in [2.05, 4.69) is 5.32 Å². The van der Waals surface area contributed by atoms with Gasteiger partial charge in [0.1, 0.15) is 0 Å². The molecule has 16 heavy (non-hydrogen) atoms. The summed E-state index contributed by atoms with van der Waals surface area (Å²) in [4.78, 5) is 11.4. The summed E-state index contributed by atoms with van der Waals surface area (Å²) in [6.07, 6.45) is 0.533. The molecule has 88 valence electrons. The van der Waals surface area contributed by atoms with Gasteiger partial charge in [0.15, 0.2) is 0 Å². The van der Waals surface area contributed by atoms with Crippen molar-refractivity contribution in [2.24, 2.45) is 5.92 Å². The Labute approximate surface area is 106 Å². The van der Waals surface area contributed by atoms with E-state index in [1.165, 1.54) is 0 Å². The molecule has 1 aromatic rings. The van der Waals surface area contributed by atoms with Crippen LogP contribution in [0.15, 0.2) is 18.2 Å². The largest absolute Gasteiger partial charge is 0.352 e. The Kier molecular flexibility index (Phi) is 5.10. The number of carbonyl (C=O) groups is 1. The molecule has 4 heteroatoms. The Morgan fingerprint density at radius 1 is 1.38 bits per heavy atom. The smallest absolute Gasteiger partial charge is 0.220 e. The third-order valence-corrected chi connectivity index (χ3v) is 2.67. The second-order valence-corrected chi connectivity index (χ2v) is 4.95. The van der Waals surface area contributed by atoms with Crippen LogP contribution in [0.3, 0.4) is 0 Å². The zero-order chi connectivity index (χ0) is 12.1. The number of carbonyl (C=O) groups excluding carboxylic acids is 1. The number of halogens is 2. The lowest BCUT2D eigenvalue weighted by atomic mass is 10.1. The van der Waals surface area contributed by atoms with E-state index < -0.39 is 0 Å². The molecule has 0 saturated carbocycles. The van der Waals surface area contributed by atoms with Gasteiger partial charge in [0, 0.05) is 23.0 Å². The van der Waals surface area contributed by atoms with Crippen LogP contribution in [0.4, 0.5) is 0 Å². The maximum atomic E-state index is 11.4. The molecule has 0 fully saturated rings. The van der Waals surface area contributed by atoms with Crippen molar-refractivity contribution in [2.75, 3.05) is 0 Å².